The number of carbonyl (C=O) groups excluding carboxylic acids is 1. The third-order valence-corrected chi connectivity index (χ3v) is 12.5. The van der Waals surface area contributed by atoms with E-state index >= 15 is 0 Å². The predicted octanol–water partition coefficient (Wildman–Crippen LogP) is 8.44. The number of hydrogen-bond acceptors (Lipinski definition) is 2. The fraction of sp³-hybridized carbons (Fsp3) is 0.781. The molecule has 2 heteroatoms. The second-order valence-corrected chi connectivity index (χ2v) is 14.4. The highest BCUT2D eigenvalue weighted by Gasteiger charge is 2.66. The molecule has 0 aromatic rings. The molecule has 2 nitrogen and oxygen atoms in total. The van der Waals surface area contributed by atoms with Gasteiger partial charge in [-0.3, -0.25) is 4.79 Å². The summed E-state index contributed by atoms with van der Waals surface area (Å²) in [5, 5.41) is 0. The minimum absolute atomic E-state index is 0.0107. The van der Waals surface area contributed by atoms with Crippen molar-refractivity contribution in [2.75, 3.05) is 0 Å². The Balaban J connectivity index is 1.57. The summed E-state index contributed by atoms with van der Waals surface area (Å²) in [6.45, 7) is 23.6. The molecule has 3 saturated carbocycles. The number of rotatable bonds is 1. The Morgan fingerprint density at radius 2 is 1.74 bits per heavy atom. The lowest BCUT2D eigenvalue weighted by molar-refractivity contribution is -0.159. The van der Waals surface area contributed by atoms with Crippen LogP contribution in [0.25, 0.3) is 0 Å². The molecule has 3 fully saturated rings. The summed E-state index contributed by atoms with van der Waals surface area (Å²) < 4.78 is 5.86. The van der Waals surface area contributed by atoms with Crippen molar-refractivity contribution in [2.24, 2.45) is 44.8 Å². The Bertz CT molecular complexity index is 983. The molecule has 0 aliphatic heterocycles. The maximum atomic E-state index is 11.9. The highest BCUT2D eigenvalue weighted by Crippen LogP contribution is 2.74. The third kappa shape index (κ3) is 2.95. The Kier molecular flexibility index (Phi) is 5.28. The maximum absolute atomic E-state index is 11.9. The van der Waals surface area contributed by atoms with Crippen molar-refractivity contribution in [2.45, 2.75) is 113 Å². The molecule has 188 valence electrons. The summed E-state index contributed by atoms with van der Waals surface area (Å²) in [6.07, 6.45) is 14.9. The summed E-state index contributed by atoms with van der Waals surface area (Å²) in [5.74, 6) is 1.74. The van der Waals surface area contributed by atoms with Crippen LogP contribution in [0.15, 0.2) is 35.5 Å². The number of allylic oxidation sites excluding steroid dienone is 4. The monoisotopic (exact) mass is 464 g/mol. The van der Waals surface area contributed by atoms with Crippen LogP contribution in [0, 0.1) is 44.8 Å². The quantitative estimate of drug-likeness (QED) is 0.287. The van der Waals surface area contributed by atoms with Gasteiger partial charge >= 0.3 is 5.97 Å². The van der Waals surface area contributed by atoms with Crippen molar-refractivity contribution < 1.29 is 9.53 Å². The van der Waals surface area contributed by atoms with Crippen molar-refractivity contribution in [1.82, 2.24) is 0 Å². The summed E-state index contributed by atoms with van der Waals surface area (Å²) in [5.41, 5.74) is 5.81. The molecule has 5 rings (SSSR count). The van der Waals surface area contributed by atoms with Crippen LogP contribution in [0.4, 0.5) is 0 Å². The van der Waals surface area contributed by atoms with E-state index in [4.69, 9.17) is 4.74 Å². The molecule has 34 heavy (non-hydrogen) atoms. The highest BCUT2D eigenvalue weighted by molar-refractivity contribution is 5.66. The van der Waals surface area contributed by atoms with Crippen LogP contribution in [-0.4, -0.2) is 12.1 Å². The van der Waals surface area contributed by atoms with E-state index in [-0.39, 0.29) is 33.7 Å². The van der Waals surface area contributed by atoms with E-state index in [9.17, 15) is 4.79 Å². The lowest BCUT2D eigenvalue weighted by Gasteiger charge is -2.69. The molecule has 0 amide bonds. The number of ether oxygens (including phenoxy) is 1. The largest absolute Gasteiger partial charge is 0.462 e. The molecule has 5 aliphatic carbocycles. The smallest absolute Gasteiger partial charge is 0.302 e. The van der Waals surface area contributed by atoms with Crippen LogP contribution in [0.1, 0.15) is 107 Å². The second-order valence-electron chi connectivity index (χ2n) is 14.4. The van der Waals surface area contributed by atoms with Crippen LogP contribution in [-0.2, 0) is 9.53 Å². The van der Waals surface area contributed by atoms with E-state index in [1.165, 1.54) is 37.7 Å². The number of fused-ring (bicyclic) bond motifs is 7. The van der Waals surface area contributed by atoms with Crippen LogP contribution < -0.4 is 0 Å². The van der Waals surface area contributed by atoms with E-state index in [1.807, 2.05) is 0 Å². The van der Waals surface area contributed by atoms with Crippen LogP contribution in [0.2, 0.25) is 0 Å². The van der Waals surface area contributed by atoms with Gasteiger partial charge in [0.15, 0.2) is 0 Å². The van der Waals surface area contributed by atoms with E-state index in [0.717, 1.165) is 19.3 Å². The molecular weight excluding hydrogens is 416 g/mol. The van der Waals surface area contributed by atoms with Gasteiger partial charge in [0.1, 0.15) is 6.10 Å². The number of carbonyl (C=O) groups is 1. The van der Waals surface area contributed by atoms with E-state index in [2.05, 4.69) is 67.2 Å². The van der Waals surface area contributed by atoms with Crippen LogP contribution in [0.3, 0.4) is 0 Å². The van der Waals surface area contributed by atoms with Gasteiger partial charge in [-0.05, 0) is 90.8 Å². The van der Waals surface area contributed by atoms with E-state index < -0.39 is 0 Å². The Morgan fingerprint density at radius 1 is 1.03 bits per heavy atom. The molecule has 5 aliphatic rings. The first-order valence-electron chi connectivity index (χ1n) is 14.0. The second kappa shape index (κ2) is 7.36. The van der Waals surface area contributed by atoms with Gasteiger partial charge in [-0.25, -0.2) is 0 Å². The first kappa shape index (κ1) is 24.4. The lowest BCUT2D eigenvalue weighted by Crippen LogP contribution is -2.61. The molecule has 0 spiro atoms. The SMILES string of the molecule is C=C1CC[C@]2(C)CC[C@]3(C)C(=CC[C@@H]4[C@@]5(C)CC[C@@H](OC(C)=O)C(C)(C)C5=CC[C@]43C)[C@H]2[C@@H]1C. The van der Waals surface area contributed by atoms with Crippen LogP contribution >= 0.6 is 0 Å². The van der Waals surface area contributed by atoms with Crippen LogP contribution in [0.5, 0.6) is 0 Å². The lowest BCUT2D eigenvalue weighted by atomic mass is 9.35. The van der Waals surface area contributed by atoms with Gasteiger partial charge in [0, 0.05) is 12.3 Å². The average Bonchev–Trinajstić information content (AvgIpc) is 2.74. The topological polar surface area (TPSA) is 26.3 Å². The normalized spacial score (nSPS) is 49.5. The summed E-state index contributed by atoms with van der Waals surface area (Å²) >= 11 is 0. The minimum Gasteiger partial charge on any atom is -0.462 e. The molecule has 0 aromatic heterocycles. The molecule has 0 bridgehead atoms. The Morgan fingerprint density at radius 3 is 2.41 bits per heavy atom. The van der Waals surface area contributed by atoms with Crippen molar-refractivity contribution in [3.05, 3.63) is 35.5 Å². The van der Waals surface area contributed by atoms with Crippen molar-refractivity contribution in [3.8, 4) is 0 Å². The minimum atomic E-state index is -0.144. The molecular formula is C32H48O2. The average molecular weight is 465 g/mol. The zero-order valence-corrected chi connectivity index (χ0v) is 23.1. The van der Waals surface area contributed by atoms with E-state index in [0.29, 0.717) is 23.2 Å². The molecule has 8 atom stereocenters. The number of hydrogen-bond donors (Lipinski definition) is 0. The highest BCUT2D eigenvalue weighted by atomic mass is 16.5. The van der Waals surface area contributed by atoms with E-state index in [1.54, 1.807) is 18.1 Å². The Labute approximate surface area is 208 Å². The molecule has 0 heterocycles. The van der Waals surface area contributed by atoms with Gasteiger partial charge in [-0.15, -0.1) is 0 Å². The van der Waals surface area contributed by atoms with Crippen molar-refractivity contribution in [3.63, 3.8) is 0 Å². The molecule has 0 saturated heterocycles. The van der Waals surface area contributed by atoms with Gasteiger partial charge in [0.25, 0.3) is 0 Å². The van der Waals surface area contributed by atoms with Gasteiger partial charge in [0.05, 0.1) is 0 Å². The van der Waals surface area contributed by atoms with Crippen molar-refractivity contribution in [1.29, 1.82) is 0 Å². The summed E-state index contributed by atoms with van der Waals surface area (Å²) in [6, 6.07) is 0. The van der Waals surface area contributed by atoms with Gasteiger partial charge < -0.3 is 4.74 Å². The zero-order valence-electron chi connectivity index (χ0n) is 23.1. The molecule has 0 unspecified atom stereocenters. The fourth-order valence-electron chi connectivity index (χ4n) is 10.2. The van der Waals surface area contributed by atoms with Gasteiger partial charge in [-0.1, -0.05) is 83.9 Å². The summed E-state index contributed by atoms with van der Waals surface area (Å²) in [7, 11) is 0. The zero-order chi connectivity index (χ0) is 24.9. The van der Waals surface area contributed by atoms with Crippen molar-refractivity contribution >= 4 is 5.97 Å². The first-order valence-corrected chi connectivity index (χ1v) is 14.0. The summed E-state index contributed by atoms with van der Waals surface area (Å²) in [4.78, 5) is 11.9. The van der Waals surface area contributed by atoms with Gasteiger partial charge in [0.2, 0.25) is 0 Å². The fourth-order valence-corrected chi connectivity index (χ4v) is 10.2. The Hall–Kier alpha value is -1.31. The third-order valence-electron chi connectivity index (χ3n) is 12.5. The predicted molar refractivity (Wildman–Crippen MR) is 140 cm³/mol. The first-order chi connectivity index (χ1) is 15.7. The maximum Gasteiger partial charge on any atom is 0.302 e. The van der Waals surface area contributed by atoms with Gasteiger partial charge in [-0.2, -0.15) is 0 Å². The molecule has 0 aromatic carbocycles. The molecule has 0 radical (unpaired) electrons. The molecule has 0 N–H and O–H groups in total. The standard InChI is InChI=1S/C32H48O2/c1-20-12-15-29(6)18-19-31(8)23(27(29)21(20)2)10-11-25-30(7)16-14-26(34-22(3)33)28(4,5)24(30)13-17-32(25,31)9/h10,13,21,25-27H,1,11-12,14-19H2,2-9H3/t21-,25-,26-,27-,29-,30+,31-,32-/m1/s1. The number of esters is 1.